The predicted molar refractivity (Wildman–Crippen MR) is 56.8 cm³/mol. The molecule has 1 rings (SSSR count). The van der Waals surface area contributed by atoms with Crippen LogP contribution in [0.2, 0.25) is 0 Å². The van der Waals surface area contributed by atoms with E-state index in [0.29, 0.717) is 11.5 Å². The molecular formula is C12H18O2. The number of esters is 1. The Balaban J connectivity index is 2.64. The molecule has 1 aliphatic carbocycles. The first-order valence-electron chi connectivity index (χ1n) is 5.01. The number of hydrogen-bond donors (Lipinski definition) is 0. The molecule has 14 heavy (non-hydrogen) atoms. The van der Waals surface area contributed by atoms with Gasteiger partial charge in [0.15, 0.2) is 0 Å². The Morgan fingerprint density at radius 3 is 2.71 bits per heavy atom. The maximum Gasteiger partial charge on any atom is 0.333 e. The Morgan fingerprint density at radius 2 is 2.29 bits per heavy atom. The highest BCUT2D eigenvalue weighted by molar-refractivity contribution is 5.87. The van der Waals surface area contributed by atoms with Crippen LogP contribution in [0.4, 0.5) is 0 Å². The third kappa shape index (κ3) is 2.72. The lowest BCUT2D eigenvalue weighted by atomic mass is 9.87. The maximum absolute atomic E-state index is 11.3. The van der Waals surface area contributed by atoms with Crippen molar-refractivity contribution in [3.63, 3.8) is 0 Å². The SMILES string of the molecule is C=C(C)C(=O)OC1(C)C=CC(C)CC1. The van der Waals surface area contributed by atoms with Gasteiger partial charge in [0.2, 0.25) is 0 Å². The zero-order valence-corrected chi connectivity index (χ0v) is 9.17. The van der Waals surface area contributed by atoms with Crippen molar-refractivity contribution in [3.8, 4) is 0 Å². The van der Waals surface area contributed by atoms with Crippen LogP contribution in [-0.2, 0) is 9.53 Å². The molecule has 0 saturated heterocycles. The molecule has 2 heteroatoms. The molecule has 0 aromatic heterocycles. The minimum atomic E-state index is -0.428. The summed E-state index contributed by atoms with van der Waals surface area (Å²) < 4.78 is 5.36. The third-order valence-corrected chi connectivity index (χ3v) is 2.55. The van der Waals surface area contributed by atoms with Gasteiger partial charge < -0.3 is 4.74 Å². The number of allylic oxidation sites excluding steroid dienone is 1. The van der Waals surface area contributed by atoms with Gasteiger partial charge in [-0.3, -0.25) is 0 Å². The number of hydrogen-bond acceptors (Lipinski definition) is 2. The van der Waals surface area contributed by atoms with E-state index in [9.17, 15) is 4.79 Å². The summed E-state index contributed by atoms with van der Waals surface area (Å²) in [5.41, 5.74) is 0.0287. The molecule has 0 bridgehead atoms. The Bertz CT molecular complexity index is 278. The molecule has 0 saturated carbocycles. The Hall–Kier alpha value is -1.05. The van der Waals surface area contributed by atoms with Gasteiger partial charge in [-0.25, -0.2) is 4.79 Å². The quantitative estimate of drug-likeness (QED) is 0.384. The molecule has 2 nitrogen and oxygen atoms in total. The average molecular weight is 194 g/mol. The van der Waals surface area contributed by atoms with Gasteiger partial charge in [0.05, 0.1) is 0 Å². The van der Waals surface area contributed by atoms with Gasteiger partial charge in [0, 0.05) is 5.57 Å². The van der Waals surface area contributed by atoms with Crippen molar-refractivity contribution in [2.24, 2.45) is 5.92 Å². The molecule has 0 radical (unpaired) electrons. The molecule has 2 unspecified atom stereocenters. The molecule has 0 aliphatic heterocycles. The van der Waals surface area contributed by atoms with Gasteiger partial charge in [-0.2, -0.15) is 0 Å². The number of ether oxygens (including phenoxy) is 1. The largest absolute Gasteiger partial charge is 0.452 e. The van der Waals surface area contributed by atoms with Crippen LogP contribution in [-0.4, -0.2) is 11.6 Å². The Labute approximate surface area is 85.6 Å². The second-order valence-corrected chi connectivity index (χ2v) is 4.36. The smallest absolute Gasteiger partial charge is 0.333 e. The highest BCUT2D eigenvalue weighted by atomic mass is 16.6. The van der Waals surface area contributed by atoms with E-state index in [4.69, 9.17) is 4.74 Å². The van der Waals surface area contributed by atoms with E-state index in [-0.39, 0.29) is 5.97 Å². The van der Waals surface area contributed by atoms with Crippen LogP contribution in [0.1, 0.15) is 33.6 Å². The average Bonchev–Trinajstić information content (AvgIpc) is 2.10. The fourth-order valence-electron chi connectivity index (χ4n) is 1.45. The van der Waals surface area contributed by atoms with Crippen molar-refractivity contribution in [2.45, 2.75) is 39.2 Å². The first-order valence-corrected chi connectivity index (χ1v) is 5.01. The number of rotatable bonds is 2. The molecular weight excluding hydrogens is 176 g/mol. The van der Waals surface area contributed by atoms with Crippen molar-refractivity contribution in [2.75, 3.05) is 0 Å². The van der Waals surface area contributed by atoms with Crippen LogP contribution in [0.25, 0.3) is 0 Å². The van der Waals surface area contributed by atoms with Crippen molar-refractivity contribution in [1.29, 1.82) is 0 Å². The topological polar surface area (TPSA) is 26.3 Å². The Morgan fingerprint density at radius 1 is 1.64 bits per heavy atom. The van der Waals surface area contributed by atoms with Crippen LogP contribution < -0.4 is 0 Å². The molecule has 0 heterocycles. The predicted octanol–water partition coefficient (Wildman–Crippen LogP) is 2.85. The first-order chi connectivity index (χ1) is 6.43. The van der Waals surface area contributed by atoms with Crippen LogP contribution in [0, 0.1) is 5.92 Å². The molecule has 0 fully saturated rings. The summed E-state index contributed by atoms with van der Waals surface area (Å²) in [5, 5.41) is 0. The van der Waals surface area contributed by atoms with Gasteiger partial charge in [0.25, 0.3) is 0 Å². The van der Waals surface area contributed by atoms with E-state index in [1.54, 1.807) is 6.92 Å². The number of carbonyl (C=O) groups excluding carboxylic acids is 1. The molecule has 78 valence electrons. The first kappa shape index (κ1) is 11.0. The monoisotopic (exact) mass is 194 g/mol. The fraction of sp³-hybridized carbons (Fsp3) is 0.583. The van der Waals surface area contributed by atoms with Crippen LogP contribution in [0.5, 0.6) is 0 Å². The lowest BCUT2D eigenvalue weighted by Gasteiger charge is -2.31. The van der Waals surface area contributed by atoms with Crippen molar-refractivity contribution >= 4 is 5.97 Å². The molecule has 0 aromatic rings. The van der Waals surface area contributed by atoms with E-state index in [1.807, 2.05) is 13.0 Å². The summed E-state index contributed by atoms with van der Waals surface area (Å²) in [7, 11) is 0. The lowest BCUT2D eigenvalue weighted by Crippen LogP contribution is -2.32. The van der Waals surface area contributed by atoms with Crippen LogP contribution in [0.3, 0.4) is 0 Å². The third-order valence-electron chi connectivity index (χ3n) is 2.55. The summed E-state index contributed by atoms with van der Waals surface area (Å²) in [5.74, 6) is 0.290. The van der Waals surface area contributed by atoms with E-state index >= 15 is 0 Å². The van der Waals surface area contributed by atoms with E-state index in [0.717, 1.165) is 12.8 Å². The van der Waals surface area contributed by atoms with Crippen LogP contribution in [0.15, 0.2) is 24.3 Å². The minimum absolute atomic E-state index is 0.299. The molecule has 0 amide bonds. The standard InChI is InChI=1S/C12H18O2/c1-9(2)11(13)14-12(4)7-5-10(3)6-8-12/h5,7,10H,1,6,8H2,2-4H3. The summed E-state index contributed by atoms with van der Waals surface area (Å²) in [6.07, 6.45) is 6.05. The van der Waals surface area contributed by atoms with Gasteiger partial charge in [-0.05, 0) is 38.7 Å². The maximum atomic E-state index is 11.3. The van der Waals surface area contributed by atoms with Crippen molar-refractivity contribution in [1.82, 2.24) is 0 Å². The zero-order valence-electron chi connectivity index (χ0n) is 9.17. The molecule has 0 spiro atoms. The highest BCUT2D eigenvalue weighted by Crippen LogP contribution is 2.29. The summed E-state index contributed by atoms with van der Waals surface area (Å²) in [6.45, 7) is 9.34. The van der Waals surface area contributed by atoms with Gasteiger partial charge in [0.1, 0.15) is 5.60 Å². The van der Waals surface area contributed by atoms with E-state index in [1.165, 1.54) is 0 Å². The zero-order chi connectivity index (χ0) is 10.8. The van der Waals surface area contributed by atoms with E-state index < -0.39 is 5.60 Å². The fourth-order valence-corrected chi connectivity index (χ4v) is 1.45. The summed E-state index contributed by atoms with van der Waals surface area (Å²) in [4.78, 5) is 11.3. The normalized spacial score (nSPS) is 31.2. The van der Waals surface area contributed by atoms with Crippen LogP contribution >= 0.6 is 0 Å². The molecule has 0 aromatic carbocycles. The van der Waals surface area contributed by atoms with E-state index in [2.05, 4.69) is 19.6 Å². The second-order valence-electron chi connectivity index (χ2n) is 4.36. The van der Waals surface area contributed by atoms with Crippen molar-refractivity contribution in [3.05, 3.63) is 24.3 Å². The van der Waals surface area contributed by atoms with Gasteiger partial charge >= 0.3 is 5.97 Å². The Kier molecular flexibility index (Phi) is 3.14. The van der Waals surface area contributed by atoms with Gasteiger partial charge in [-0.15, -0.1) is 0 Å². The molecule has 1 aliphatic rings. The summed E-state index contributed by atoms with van der Waals surface area (Å²) >= 11 is 0. The summed E-state index contributed by atoms with van der Waals surface area (Å²) in [6, 6.07) is 0. The lowest BCUT2D eigenvalue weighted by molar-refractivity contribution is -0.149. The number of carbonyl (C=O) groups is 1. The molecule has 2 atom stereocenters. The highest BCUT2D eigenvalue weighted by Gasteiger charge is 2.29. The second kappa shape index (κ2) is 3.99. The molecule has 0 N–H and O–H groups in total. The minimum Gasteiger partial charge on any atom is -0.452 e. The van der Waals surface area contributed by atoms with Crippen molar-refractivity contribution < 1.29 is 9.53 Å². The van der Waals surface area contributed by atoms with Gasteiger partial charge in [-0.1, -0.05) is 19.6 Å².